The molecule has 0 aliphatic carbocycles. The summed E-state index contributed by atoms with van der Waals surface area (Å²) in [5.41, 5.74) is 2.53. The van der Waals surface area contributed by atoms with E-state index in [1.54, 1.807) is 47.3 Å². The van der Waals surface area contributed by atoms with Crippen molar-refractivity contribution in [1.29, 1.82) is 0 Å². The van der Waals surface area contributed by atoms with Crippen LogP contribution in [0.2, 0.25) is 5.02 Å². The van der Waals surface area contributed by atoms with E-state index in [0.29, 0.717) is 23.4 Å². The van der Waals surface area contributed by atoms with E-state index in [9.17, 15) is 9.50 Å². The van der Waals surface area contributed by atoms with Gasteiger partial charge in [0.1, 0.15) is 10.8 Å². The smallest absolute Gasteiger partial charge is 0.229 e. The lowest BCUT2D eigenvalue weighted by Crippen LogP contribution is -2.17. The molecule has 0 radical (unpaired) electrons. The number of nitrogens with zero attached hydrogens (tertiary/aromatic N) is 6. The highest BCUT2D eigenvalue weighted by Gasteiger charge is 2.17. The Hall–Kier alpha value is -3.54. The van der Waals surface area contributed by atoms with E-state index in [1.165, 1.54) is 18.3 Å². The van der Waals surface area contributed by atoms with Crippen LogP contribution in [0.25, 0.3) is 11.1 Å². The standard InChI is InChI=1S/C21H22ClFN8O2/c1-30-10-15(7-25-30)13-4-14(6-16(23)5-13)19(12-33)28-20-18(22)9-24-21(29-20)27-17-8-26-31(11-17)2-3-32/h4-11,19,32-33H,2-3,12H2,1H3,(H2,24,27,28,29). The first kappa shape index (κ1) is 22.6. The molecule has 3 aromatic heterocycles. The number of hydrogen-bond donors (Lipinski definition) is 4. The topological polar surface area (TPSA) is 126 Å². The second-order valence-corrected chi connectivity index (χ2v) is 7.69. The SMILES string of the molecule is Cn1cc(-c2cc(F)cc(C(CO)Nc3nc(Nc4cnn(CCO)c4)ncc3Cl)c2)cn1. The van der Waals surface area contributed by atoms with Gasteiger partial charge in [-0.05, 0) is 29.3 Å². The van der Waals surface area contributed by atoms with Crippen LogP contribution >= 0.6 is 11.6 Å². The van der Waals surface area contributed by atoms with Gasteiger partial charge in [-0.2, -0.15) is 15.2 Å². The Morgan fingerprint density at radius 3 is 2.67 bits per heavy atom. The third-order valence-corrected chi connectivity index (χ3v) is 5.09. The Kier molecular flexibility index (Phi) is 6.82. The second kappa shape index (κ2) is 9.94. The highest BCUT2D eigenvalue weighted by atomic mass is 35.5. The van der Waals surface area contributed by atoms with E-state index >= 15 is 0 Å². The number of aromatic nitrogens is 6. The van der Waals surface area contributed by atoms with Crippen molar-refractivity contribution in [1.82, 2.24) is 29.5 Å². The van der Waals surface area contributed by atoms with Crippen LogP contribution in [-0.2, 0) is 13.6 Å². The van der Waals surface area contributed by atoms with E-state index in [4.69, 9.17) is 16.7 Å². The van der Waals surface area contributed by atoms with Crippen LogP contribution in [0.3, 0.4) is 0 Å². The first-order chi connectivity index (χ1) is 15.9. The molecule has 0 fully saturated rings. The Morgan fingerprint density at radius 1 is 1.09 bits per heavy atom. The molecule has 1 atom stereocenters. The number of benzene rings is 1. The van der Waals surface area contributed by atoms with Crippen LogP contribution in [-0.4, -0.2) is 53.0 Å². The summed E-state index contributed by atoms with van der Waals surface area (Å²) in [6.07, 6.45) is 8.11. The van der Waals surface area contributed by atoms with Gasteiger partial charge in [-0.1, -0.05) is 11.6 Å². The molecule has 0 aliphatic rings. The summed E-state index contributed by atoms with van der Waals surface area (Å²) < 4.78 is 17.6. The summed E-state index contributed by atoms with van der Waals surface area (Å²) in [5.74, 6) is 0.0724. The highest BCUT2D eigenvalue weighted by molar-refractivity contribution is 6.32. The summed E-state index contributed by atoms with van der Waals surface area (Å²) in [6, 6.07) is 3.85. The molecule has 10 nitrogen and oxygen atoms in total. The third kappa shape index (κ3) is 5.45. The zero-order chi connectivity index (χ0) is 23.4. The van der Waals surface area contributed by atoms with Crippen molar-refractivity contribution in [2.75, 3.05) is 23.8 Å². The third-order valence-electron chi connectivity index (χ3n) is 4.82. The van der Waals surface area contributed by atoms with Crippen molar-refractivity contribution in [3.63, 3.8) is 0 Å². The van der Waals surface area contributed by atoms with Crippen LogP contribution in [0.5, 0.6) is 0 Å². The zero-order valence-corrected chi connectivity index (χ0v) is 18.4. The zero-order valence-electron chi connectivity index (χ0n) is 17.7. The molecule has 12 heteroatoms. The Balaban J connectivity index is 1.57. The molecule has 0 bridgehead atoms. The average molecular weight is 473 g/mol. The van der Waals surface area contributed by atoms with Crippen molar-refractivity contribution >= 4 is 29.1 Å². The quantitative estimate of drug-likeness (QED) is 0.293. The molecular weight excluding hydrogens is 451 g/mol. The van der Waals surface area contributed by atoms with Gasteiger partial charge in [-0.3, -0.25) is 9.36 Å². The summed E-state index contributed by atoms with van der Waals surface area (Å²) in [5, 5.41) is 33.6. The van der Waals surface area contributed by atoms with Crippen LogP contribution in [0.15, 0.2) is 49.2 Å². The number of nitrogens with one attached hydrogen (secondary N) is 2. The van der Waals surface area contributed by atoms with E-state index in [-0.39, 0.29) is 30.0 Å². The number of aliphatic hydroxyl groups is 2. The normalized spacial score (nSPS) is 12.0. The minimum absolute atomic E-state index is 0.0300. The van der Waals surface area contributed by atoms with Gasteiger partial charge in [0.25, 0.3) is 0 Å². The minimum atomic E-state index is -0.677. The maximum atomic E-state index is 14.4. The largest absolute Gasteiger partial charge is 0.394 e. The second-order valence-electron chi connectivity index (χ2n) is 7.29. The van der Waals surface area contributed by atoms with Crippen molar-refractivity contribution in [2.24, 2.45) is 7.05 Å². The predicted octanol–water partition coefficient (Wildman–Crippen LogP) is 2.75. The van der Waals surface area contributed by atoms with Gasteiger partial charge in [0.2, 0.25) is 5.95 Å². The maximum absolute atomic E-state index is 14.4. The predicted molar refractivity (Wildman–Crippen MR) is 122 cm³/mol. The van der Waals surface area contributed by atoms with Gasteiger partial charge in [-0.15, -0.1) is 0 Å². The monoisotopic (exact) mass is 472 g/mol. The van der Waals surface area contributed by atoms with E-state index in [1.807, 2.05) is 0 Å². The Bertz CT molecular complexity index is 1240. The lowest BCUT2D eigenvalue weighted by atomic mass is 10.0. The fraction of sp³-hybridized carbons (Fsp3) is 0.238. The molecule has 33 heavy (non-hydrogen) atoms. The molecule has 3 heterocycles. The molecule has 1 aromatic carbocycles. The molecule has 0 saturated carbocycles. The number of aryl methyl sites for hydroxylation is 1. The Morgan fingerprint density at radius 2 is 1.94 bits per heavy atom. The molecule has 4 aromatic rings. The maximum Gasteiger partial charge on any atom is 0.229 e. The van der Waals surface area contributed by atoms with Crippen LogP contribution in [0, 0.1) is 5.82 Å². The van der Waals surface area contributed by atoms with Crippen molar-refractivity contribution in [3.05, 3.63) is 65.6 Å². The molecule has 0 saturated heterocycles. The summed E-state index contributed by atoms with van der Waals surface area (Å²) in [4.78, 5) is 8.53. The number of hydrogen-bond acceptors (Lipinski definition) is 8. The van der Waals surface area contributed by atoms with Gasteiger partial charge in [-0.25, -0.2) is 9.37 Å². The van der Waals surface area contributed by atoms with Gasteiger partial charge in [0.15, 0.2) is 5.82 Å². The summed E-state index contributed by atoms with van der Waals surface area (Å²) in [6.45, 7) is 0.00747. The molecule has 172 valence electrons. The summed E-state index contributed by atoms with van der Waals surface area (Å²) >= 11 is 6.27. The van der Waals surface area contributed by atoms with Gasteiger partial charge < -0.3 is 20.8 Å². The lowest BCUT2D eigenvalue weighted by Gasteiger charge is -2.19. The molecule has 4 N–H and O–H groups in total. The van der Waals surface area contributed by atoms with Crippen molar-refractivity contribution < 1.29 is 14.6 Å². The van der Waals surface area contributed by atoms with Crippen LogP contribution < -0.4 is 10.6 Å². The van der Waals surface area contributed by atoms with E-state index in [0.717, 1.165) is 5.56 Å². The first-order valence-corrected chi connectivity index (χ1v) is 10.4. The Labute approximate surface area is 193 Å². The first-order valence-electron chi connectivity index (χ1n) is 10.0. The fourth-order valence-electron chi connectivity index (χ4n) is 3.26. The molecular formula is C21H22ClFN8O2. The number of rotatable bonds is 9. The van der Waals surface area contributed by atoms with Crippen molar-refractivity contribution in [3.8, 4) is 11.1 Å². The number of halogens is 2. The molecule has 0 spiro atoms. The van der Waals surface area contributed by atoms with E-state index < -0.39 is 11.9 Å². The lowest BCUT2D eigenvalue weighted by molar-refractivity contribution is 0.269. The van der Waals surface area contributed by atoms with Gasteiger partial charge in [0, 0.05) is 25.0 Å². The van der Waals surface area contributed by atoms with Gasteiger partial charge in [0.05, 0.1) is 50.1 Å². The molecule has 1 unspecified atom stereocenters. The van der Waals surface area contributed by atoms with Gasteiger partial charge >= 0.3 is 0 Å². The summed E-state index contributed by atoms with van der Waals surface area (Å²) in [7, 11) is 1.78. The van der Waals surface area contributed by atoms with Crippen LogP contribution in [0.4, 0.5) is 21.8 Å². The highest BCUT2D eigenvalue weighted by Crippen LogP contribution is 2.29. The van der Waals surface area contributed by atoms with Crippen molar-refractivity contribution in [2.45, 2.75) is 12.6 Å². The minimum Gasteiger partial charge on any atom is -0.394 e. The molecule has 0 aliphatic heterocycles. The van der Waals surface area contributed by atoms with Crippen LogP contribution in [0.1, 0.15) is 11.6 Å². The number of anilines is 3. The average Bonchev–Trinajstić information content (AvgIpc) is 3.42. The molecule has 0 amide bonds. The van der Waals surface area contributed by atoms with E-state index in [2.05, 4.69) is 30.8 Å². The molecule has 4 rings (SSSR count). The number of aliphatic hydroxyl groups excluding tert-OH is 2. The fourth-order valence-corrected chi connectivity index (χ4v) is 3.41.